The predicted molar refractivity (Wildman–Crippen MR) is 92.1 cm³/mol. The molecule has 1 atom stereocenters. The van der Waals surface area contributed by atoms with Crippen molar-refractivity contribution in [3.05, 3.63) is 37.9 Å². The van der Waals surface area contributed by atoms with Crippen LogP contribution in [0.2, 0.25) is 0 Å². The summed E-state index contributed by atoms with van der Waals surface area (Å²) in [6, 6.07) is 2.56. The molecule has 1 heterocycles. The van der Waals surface area contributed by atoms with Crippen LogP contribution in [0.1, 0.15) is 25.5 Å². The highest BCUT2D eigenvalue weighted by Crippen LogP contribution is 2.40. The number of hydrogen-bond donors (Lipinski definition) is 2. The number of rotatable bonds is 4. The quantitative estimate of drug-likeness (QED) is 0.693. The fraction of sp³-hybridized carbons (Fsp3) is 0.333. The molecule has 0 radical (unpaired) electrons. The first-order valence-corrected chi connectivity index (χ1v) is 8.46. The lowest BCUT2D eigenvalue weighted by Crippen LogP contribution is -2.45. The van der Waals surface area contributed by atoms with Gasteiger partial charge >= 0.3 is 12.0 Å². The molecule has 2 rings (SSSR count). The van der Waals surface area contributed by atoms with Gasteiger partial charge in [0.2, 0.25) is 0 Å². The van der Waals surface area contributed by atoms with E-state index in [9.17, 15) is 9.59 Å². The van der Waals surface area contributed by atoms with E-state index in [-0.39, 0.29) is 6.61 Å². The molecule has 1 aliphatic heterocycles. The van der Waals surface area contributed by atoms with Gasteiger partial charge in [-0.3, -0.25) is 0 Å². The van der Waals surface area contributed by atoms with Gasteiger partial charge in [0.25, 0.3) is 0 Å². The zero-order chi connectivity index (χ0) is 17.1. The van der Waals surface area contributed by atoms with Crippen molar-refractivity contribution in [3.8, 4) is 5.75 Å². The van der Waals surface area contributed by atoms with Crippen molar-refractivity contribution in [2.45, 2.75) is 19.9 Å². The molecule has 0 spiro atoms. The second-order valence-electron chi connectivity index (χ2n) is 4.80. The first kappa shape index (κ1) is 17.8. The van der Waals surface area contributed by atoms with Gasteiger partial charge in [0.1, 0.15) is 5.75 Å². The van der Waals surface area contributed by atoms with E-state index in [0.717, 1.165) is 4.47 Å². The molecule has 0 bridgehead atoms. The third kappa shape index (κ3) is 3.69. The molecule has 1 aromatic carbocycles. The summed E-state index contributed by atoms with van der Waals surface area (Å²) < 4.78 is 12.0. The minimum absolute atomic E-state index is 0.246. The summed E-state index contributed by atoms with van der Waals surface area (Å²) in [5.41, 5.74) is 1.44. The van der Waals surface area contributed by atoms with Crippen LogP contribution in [-0.2, 0) is 9.53 Å². The summed E-state index contributed by atoms with van der Waals surface area (Å²) >= 11 is 6.84. The van der Waals surface area contributed by atoms with Crippen molar-refractivity contribution in [2.24, 2.45) is 0 Å². The monoisotopic (exact) mass is 446 g/mol. The summed E-state index contributed by atoms with van der Waals surface area (Å²) in [5, 5.41) is 5.35. The van der Waals surface area contributed by atoms with E-state index in [1.807, 2.05) is 6.07 Å². The van der Waals surface area contributed by atoms with Gasteiger partial charge in [-0.2, -0.15) is 0 Å². The van der Waals surface area contributed by atoms with Gasteiger partial charge in [-0.15, -0.1) is 0 Å². The molecule has 2 N–H and O–H groups in total. The lowest BCUT2D eigenvalue weighted by Gasteiger charge is -2.29. The van der Waals surface area contributed by atoms with Crippen LogP contribution in [0.3, 0.4) is 0 Å². The lowest BCUT2D eigenvalue weighted by atomic mass is 9.95. The average Bonchev–Trinajstić information content (AvgIpc) is 2.45. The summed E-state index contributed by atoms with van der Waals surface area (Å²) in [6.45, 7) is 3.64. The maximum Gasteiger partial charge on any atom is 0.338 e. The zero-order valence-corrected chi connectivity index (χ0v) is 16.0. The Hall–Kier alpha value is -1.54. The average molecular weight is 448 g/mol. The Morgan fingerprint density at radius 1 is 1.35 bits per heavy atom. The summed E-state index contributed by atoms with van der Waals surface area (Å²) in [4.78, 5) is 24.2. The number of hydrogen-bond acceptors (Lipinski definition) is 4. The standard InChI is InChI=1S/C15H16Br2N2O4/c1-4-23-14(20)11-7(2)18-15(21)19-12(11)9-5-8(16)6-10(17)13(9)22-3/h5-6,12H,4H2,1-3H3,(H2,18,19,21). The van der Waals surface area contributed by atoms with E-state index in [2.05, 4.69) is 42.5 Å². The Labute approximate surface area is 150 Å². The number of amides is 2. The largest absolute Gasteiger partial charge is 0.495 e. The molecule has 2 amide bonds. The van der Waals surface area contributed by atoms with Crippen molar-refractivity contribution in [1.82, 2.24) is 10.6 Å². The second-order valence-corrected chi connectivity index (χ2v) is 6.57. The number of benzene rings is 1. The highest BCUT2D eigenvalue weighted by molar-refractivity contribution is 9.11. The number of nitrogens with one attached hydrogen (secondary N) is 2. The van der Waals surface area contributed by atoms with Crippen LogP contribution in [-0.4, -0.2) is 25.7 Å². The lowest BCUT2D eigenvalue weighted by molar-refractivity contribution is -0.139. The Morgan fingerprint density at radius 3 is 2.65 bits per heavy atom. The molecule has 0 aromatic heterocycles. The van der Waals surface area contributed by atoms with E-state index < -0.39 is 18.0 Å². The molecule has 0 saturated heterocycles. The van der Waals surface area contributed by atoms with Crippen LogP contribution in [0.5, 0.6) is 5.75 Å². The molecule has 0 saturated carbocycles. The molecule has 23 heavy (non-hydrogen) atoms. The molecular formula is C15H16Br2N2O4. The Balaban J connectivity index is 2.61. The van der Waals surface area contributed by atoms with Gasteiger partial charge in [0.05, 0.1) is 29.8 Å². The SMILES string of the molecule is CCOC(=O)C1=C(C)NC(=O)NC1c1cc(Br)cc(Br)c1OC. The molecule has 8 heteroatoms. The van der Waals surface area contributed by atoms with Crippen LogP contribution in [0.15, 0.2) is 32.3 Å². The van der Waals surface area contributed by atoms with Crippen molar-refractivity contribution in [1.29, 1.82) is 0 Å². The smallest absolute Gasteiger partial charge is 0.338 e. The van der Waals surface area contributed by atoms with Crippen molar-refractivity contribution >= 4 is 43.9 Å². The highest BCUT2D eigenvalue weighted by atomic mass is 79.9. The van der Waals surface area contributed by atoms with Gasteiger partial charge in [0, 0.05) is 15.7 Å². The Kier molecular flexibility index (Phi) is 5.69. The number of urea groups is 1. The first-order chi connectivity index (χ1) is 10.9. The molecule has 1 aromatic rings. The predicted octanol–water partition coefficient (Wildman–Crippen LogP) is 3.41. The maximum atomic E-state index is 12.3. The fourth-order valence-electron chi connectivity index (χ4n) is 2.42. The molecule has 0 aliphatic carbocycles. The molecule has 6 nitrogen and oxygen atoms in total. The van der Waals surface area contributed by atoms with Crippen LogP contribution in [0.4, 0.5) is 4.79 Å². The zero-order valence-electron chi connectivity index (χ0n) is 12.8. The van der Waals surface area contributed by atoms with Gasteiger partial charge < -0.3 is 20.1 Å². The summed E-state index contributed by atoms with van der Waals surface area (Å²) in [7, 11) is 1.53. The van der Waals surface area contributed by atoms with Crippen molar-refractivity contribution in [3.63, 3.8) is 0 Å². The van der Waals surface area contributed by atoms with Crippen LogP contribution < -0.4 is 15.4 Å². The minimum Gasteiger partial charge on any atom is -0.495 e. The van der Waals surface area contributed by atoms with E-state index in [1.165, 1.54) is 7.11 Å². The normalized spacial score (nSPS) is 17.4. The number of carbonyl (C=O) groups excluding carboxylic acids is 2. The summed E-state index contributed by atoms with van der Waals surface area (Å²) in [5.74, 6) is 0.0515. The number of methoxy groups -OCH3 is 1. The number of esters is 1. The van der Waals surface area contributed by atoms with Crippen LogP contribution >= 0.6 is 31.9 Å². The van der Waals surface area contributed by atoms with E-state index in [4.69, 9.17) is 9.47 Å². The molecular weight excluding hydrogens is 432 g/mol. The molecule has 1 unspecified atom stereocenters. The second kappa shape index (κ2) is 7.35. The minimum atomic E-state index is -0.674. The third-order valence-electron chi connectivity index (χ3n) is 3.32. The number of allylic oxidation sites excluding steroid dienone is 1. The van der Waals surface area contributed by atoms with Crippen LogP contribution in [0.25, 0.3) is 0 Å². The summed E-state index contributed by atoms with van der Waals surface area (Å²) in [6.07, 6.45) is 0. The van der Waals surface area contributed by atoms with Crippen molar-refractivity contribution < 1.29 is 19.1 Å². The highest BCUT2D eigenvalue weighted by Gasteiger charge is 2.34. The molecule has 0 fully saturated rings. The molecule has 124 valence electrons. The van der Waals surface area contributed by atoms with Gasteiger partial charge in [-0.05, 0) is 41.9 Å². The first-order valence-electron chi connectivity index (χ1n) is 6.87. The number of carbonyl (C=O) groups is 2. The van der Waals surface area contributed by atoms with Crippen molar-refractivity contribution in [2.75, 3.05) is 13.7 Å². The Bertz CT molecular complexity index is 688. The Morgan fingerprint density at radius 2 is 2.04 bits per heavy atom. The van der Waals surface area contributed by atoms with Gasteiger partial charge in [0.15, 0.2) is 0 Å². The van der Waals surface area contributed by atoms with E-state index in [1.54, 1.807) is 19.9 Å². The van der Waals surface area contributed by atoms with Gasteiger partial charge in [-0.25, -0.2) is 9.59 Å². The topological polar surface area (TPSA) is 76.7 Å². The fourth-order valence-corrected chi connectivity index (χ4v) is 3.84. The molecule has 1 aliphatic rings. The number of halogens is 2. The maximum absolute atomic E-state index is 12.3. The van der Waals surface area contributed by atoms with E-state index >= 15 is 0 Å². The third-order valence-corrected chi connectivity index (χ3v) is 4.36. The number of ether oxygens (including phenoxy) is 2. The van der Waals surface area contributed by atoms with Crippen LogP contribution in [0, 0.1) is 0 Å². The van der Waals surface area contributed by atoms with E-state index in [0.29, 0.717) is 27.1 Å². The van der Waals surface area contributed by atoms with Gasteiger partial charge in [-0.1, -0.05) is 15.9 Å².